The largest absolute Gasteiger partial charge is 0.211 e. The molecule has 1 unspecified atom stereocenters. The van der Waals surface area contributed by atoms with Crippen molar-refractivity contribution in [3.05, 3.63) is 11.9 Å². The van der Waals surface area contributed by atoms with E-state index in [0.29, 0.717) is 0 Å². The van der Waals surface area contributed by atoms with Gasteiger partial charge >= 0.3 is 0 Å². The van der Waals surface area contributed by atoms with E-state index < -0.39 is 5.38 Å². The average Bonchev–Trinajstić information content (AvgIpc) is 1.65. The molecular formula is C5H8ClF. The molecule has 0 aromatic carbocycles. The Balaban J connectivity index is 3.56. The van der Waals surface area contributed by atoms with Crippen molar-refractivity contribution in [3.8, 4) is 0 Å². The van der Waals surface area contributed by atoms with Crippen LogP contribution in [0.15, 0.2) is 11.9 Å². The Bertz CT molecular complexity index is 76.1. The third-order valence-corrected chi connectivity index (χ3v) is 0.864. The first-order valence-electron chi connectivity index (χ1n) is 2.14. The van der Waals surface area contributed by atoms with E-state index >= 15 is 0 Å². The van der Waals surface area contributed by atoms with Crippen LogP contribution in [-0.4, -0.2) is 5.38 Å². The SMILES string of the molecule is CC=C(F)C(C)Cl. The molecule has 0 N–H and O–H groups in total. The molecule has 0 aromatic heterocycles. The van der Waals surface area contributed by atoms with Crippen LogP contribution in [0, 0.1) is 0 Å². The molecule has 2 heteroatoms. The molecule has 0 aliphatic heterocycles. The van der Waals surface area contributed by atoms with E-state index in [1.807, 2.05) is 0 Å². The Morgan fingerprint density at radius 1 is 1.86 bits per heavy atom. The lowest BCUT2D eigenvalue weighted by molar-refractivity contribution is 0.605. The van der Waals surface area contributed by atoms with Crippen LogP contribution in [0.2, 0.25) is 0 Å². The highest BCUT2D eigenvalue weighted by atomic mass is 35.5. The lowest BCUT2D eigenvalue weighted by Gasteiger charge is -1.92. The normalized spacial score (nSPS) is 16.9. The van der Waals surface area contributed by atoms with Gasteiger partial charge in [0.25, 0.3) is 0 Å². The third kappa shape index (κ3) is 2.63. The monoisotopic (exact) mass is 122 g/mol. The second kappa shape index (κ2) is 3.03. The number of halogens is 2. The fraction of sp³-hybridized carbons (Fsp3) is 0.600. The summed E-state index contributed by atoms with van der Waals surface area (Å²) in [5.41, 5.74) is 0. The summed E-state index contributed by atoms with van der Waals surface area (Å²) in [5.74, 6) is -0.262. The molecule has 0 aliphatic carbocycles. The van der Waals surface area contributed by atoms with Crippen molar-refractivity contribution in [2.24, 2.45) is 0 Å². The summed E-state index contributed by atoms with van der Waals surface area (Å²) in [7, 11) is 0. The maximum atomic E-state index is 12.0. The fourth-order valence-corrected chi connectivity index (χ4v) is 0.356. The molecule has 0 spiro atoms. The molecule has 1 atom stereocenters. The zero-order chi connectivity index (χ0) is 5.86. The van der Waals surface area contributed by atoms with Crippen LogP contribution in [0.4, 0.5) is 4.39 Å². The van der Waals surface area contributed by atoms with Crippen molar-refractivity contribution in [1.82, 2.24) is 0 Å². The number of rotatable bonds is 1. The van der Waals surface area contributed by atoms with Gasteiger partial charge < -0.3 is 0 Å². The third-order valence-electron chi connectivity index (χ3n) is 0.656. The summed E-state index contributed by atoms with van der Waals surface area (Å²) >= 11 is 5.29. The quantitative estimate of drug-likeness (QED) is 0.469. The minimum atomic E-state index is -0.468. The van der Waals surface area contributed by atoms with E-state index in [-0.39, 0.29) is 5.83 Å². The Morgan fingerprint density at radius 3 is 2.29 bits per heavy atom. The molecule has 42 valence electrons. The van der Waals surface area contributed by atoms with E-state index in [1.165, 1.54) is 6.08 Å². The minimum absolute atomic E-state index is 0.262. The topological polar surface area (TPSA) is 0 Å². The molecule has 0 amide bonds. The summed E-state index contributed by atoms with van der Waals surface area (Å²) in [6, 6.07) is 0. The van der Waals surface area contributed by atoms with Gasteiger partial charge in [0.05, 0.1) is 5.38 Å². The van der Waals surface area contributed by atoms with E-state index in [1.54, 1.807) is 13.8 Å². The van der Waals surface area contributed by atoms with Gasteiger partial charge in [0.1, 0.15) is 5.83 Å². The highest BCUT2D eigenvalue weighted by Crippen LogP contribution is 2.08. The average molecular weight is 123 g/mol. The molecule has 0 aromatic rings. The smallest absolute Gasteiger partial charge is 0.113 e. The maximum Gasteiger partial charge on any atom is 0.113 e. The van der Waals surface area contributed by atoms with Crippen molar-refractivity contribution >= 4 is 11.6 Å². The van der Waals surface area contributed by atoms with Crippen LogP contribution in [0.3, 0.4) is 0 Å². The molecule has 0 aliphatic rings. The van der Waals surface area contributed by atoms with Gasteiger partial charge in [0.15, 0.2) is 0 Å². The number of allylic oxidation sites excluding steroid dienone is 2. The molecule has 0 nitrogen and oxygen atoms in total. The van der Waals surface area contributed by atoms with Crippen LogP contribution in [0.5, 0.6) is 0 Å². The van der Waals surface area contributed by atoms with E-state index in [0.717, 1.165) is 0 Å². The number of alkyl halides is 1. The van der Waals surface area contributed by atoms with Gasteiger partial charge in [-0.15, -0.1) is 11.6 Å². The van der Waals surface area contributed by atoms with Gasteiger partial charge in [-0.25, -0.2) is 4.39 Å². The summed E-state index contributed by atoms with van der Waals surface area (Å²) in [6.07, 6.45) is 1.36. The predicted molar refractivity (Wildman–Crippen MR) is 30.2 cm³/mol. The van der Waals surface area contributed by atoms with Crippen molar-refractivity contribution < 1.29 is 4.39 Å². The first-order chi connectivity index (χ1) is 3.18. The summed E-state index contributed by atoms with van der Waals surface area (Å²) in [6.45, 7) is 3.21. The summed E-state index contributed by atoms with van der Waals surface area (Å²) < 4.78 is 12.0. The van der Waals surface area contributed by atoms with Gasteiger partial charge in [-0.3, -0.25) is 0 Å². The molecule has 0 fully saturated rings. The van der Waals surface area contributed by atoms with Crippen LogP contribution in [-0.2, 0) is 0 Å². The van der Waals surface area contributed by atoms with E-state index in [4.69, 9.17) is 11.6 Å². The zero-order valence-corrected chi connectivity index (χ0v) is 5.17. The zero-order valence-electron chi connectivity index (χ0n) is 4.41. The molecule has 0 saturated heterocycles. The Kier molecular flexibility index (Phi) is 3.01. The van der Waals surface area contributed by atoms with Crippen LogP contribution >= 0.6 is 11.6 Å². The number of hydrogen-bond donors (Lipinski definition) is 0. The highest BCUT2D eigenvalue weighted by Gasteiger charge is 1.98. The second-order valence-corrected chi connectivity index (χ2v) is 1.94. The molecule has 0 saturated carbocycles. The molecule has 7 heavy (non-hydrogen) atoms. The fourth-order valence-electron chi connectivity index (χ4n) is 0.230. The highest BCUT2D eigenvalue weighted by molar-refractivity contribution is 6.21. The maximum absolute atomic E-state index is 12.0. The first-order valence-corrected chi connectivity index (χ1v) is 2.58. The Labute approximate surface area is 48.0 Å². The van der Waals surface area contributed by atoms with Crippen LogP contribution in [0.1, 0.15) is 13.8 Å². The molecule has 0 bridgehead atoms. The van der Waals surface area contributed by atoms with Gasteiger partial charge in [-0.2, -0.15) is 0 Å². The molecule has 0 radical (unpaired) electrons. The van der Waals surface area contributed by atoms with Crippen molar-refractivity contribution in [1.29, 1.82) is 0 Å². The summed E-state index contributed by atoms with van der Waals surface area (Å²) in [4.78, 5) is 0. The van der Waals surface area contributed by atoms with Gasteiger partial charge in [-0.05, 0) is 13.8 Å². The van der Waals surface area contributed by atoms with Crippen molar-refractivity contribution in [2.75, 3.05) is 0 Å². The second-order valence-electron chi connectivity index (χ2n) is 1.29. The Morgan fingerprint density at radius 2 is 2.29 bits per heavy atom. The lowest BCUT2D eigenvalue weighted by Crippen LogP contribution is -1.88. The Hall–Kier alpha value is -0.0400. The standard InChI is InChI=1S/C5H8ClF/c1-3-5(7)4(2)6/h3-4H,1-2H3. The predicted octanol–water partition coefficient (Wildman–Crippen LogP) is 2.49. The van der Waals surface area contributed by atoms with Crippen molar-refractivity contribution in [3.63, 3.8) is 0 Å². The molecular weight excluding hydrogens is 115 g/mol. The minimum Gasteiger partial charge on any atom is -0.211 e. The van der Waals surface area contributed by atoms with Crippen molar-refractivity contribution in [2.45, 2.75) is 19.2 Å². The van der Waals surface area contributed by atoms with Crippen LogP contribution in [0.25, 0.3) is 0 Å². The lowest BCUT2D eigenvalue weighted by atomic mass is 10.4. The summed E-state index contributed by atoms with van der Waals surface area (Å²) in [5, 5.41) is -0.468. The van der Waals surface area contributed by atoms with Gasteiger partial charge in [-0.1, -0.05) is 6.08 Å². The first kappa shape index (κ1) is 6.96. The van der Waals surface area contributed by atoms with Gasteiger partial charge in [0, 0.05) is 0 Å². The van der Waals surface area contributed by atoms with E-state index in [9.17, 15) is 4.39 Å². The van der Waals surface area contributed by atoms with Crippen LogP contribution < -0.4 is 0 Å². The molecule has 0 heterocycles. The number of hydrogen-bond acceptors (Lipinski definition) is 0. The molecule has 0 rings (SSSR count). The van der Waals surface area contributed by atoms with Gasteiger partial charge in [0.2, 0.25) is 0 Å². The van der Waals surface area contributed by atoms with E-state index in [2.05, 4.69) is 0 Å².